The van der Waals surface area contributed by atoms with Crippen molar-refractivity contribution < 1.29 is 27.5 Å². The van der Waals surface area contributed by atoms with Crippen molar-refractivity contribution >= 4 is 11.8 Å². The van der Waals surface area contributed by atoms with E-state index in [1.165, 1.54) is 18.3 Å². The lowest BCUT2D eigenvalue weighted by Gasteiger charge is -2.33. The van der Waals surface area contributed by atoms with Gasteiger partial charge in [0.2, 0.25) is 17.7 Å². The number of carbonyl (C=O) groups excluding carboxylic acids is 2. The van der Waals surface area contributed by atoms with E-state index in [-0.39, 0.29) is 37.0 Å². The van der Waals surface area contributed by atoms with Crippen LogP contribution in [0.3, 0.4) is 0 Å². The van der Waals surface area contributed by atoms with E-state index in [9.17, 15) is 22.8 Å². The van der Waals surface area contributed by atoms with E-state index in [1.807, 2.05) is 12.1 Å². The van der Waals surface area contributed by atoms with E-state index < -0.39 is 29.9 Å². The molecule has 11 heteroatoms. The molecule has 1 saturated heterocycles. The van der Waals surface area contributed by atoms with E-state index in [0.29, 0.717) is 17.0 Å². The molecule has 0 saturated carbocycles. The average Bonchev–Trinajstić information content (AvgIpc) is 2.90. The summed E-state index contributed by atoms with van der Waals surface area (Å²) in [5, 5.41) is 8.43. The predicted octanol–water partition coefficient (Wildman–Crippen LogP) is 4.20. The SMILES string of the molecule is CC(C)C(=O)NCc1ccc(C(F)(F)F)c(C2NC(=O)CC(c3ccc(OCc4ccccn4)nc3)N2)c1. The zero-order valence-corrected chi connectivity index (χ0v) is 20.9. The fourth-order valence-electron chi connectivity index (χ4n) is 4.02. The van der Waals surface area contributed by atoms with Gasteiger partial charge >= 0.3 is 6.18 Å². The molecular formula is C27H28F3N5O3. The third kappa shape index (κ3) is 6.86. The molecule has 8 nitrogen and oxygen atoms in total. The van der Waals surface area contributed by atoms with Gasteiger partial charge in [-0.1, -0.05) is 32.0 Å². The van der Waals surface area contributed by atoms with E-state index in [2.05, 4.69) is 25.9 Å². The molecule has 1 aromatic carbocycles. The number of nitrogens with one attached hydrogen (secondary N) is 3. The summed E-state index contributed by atoms with van der Waals surface area (Å²) in [6, 6.07) is 11.9. The lowest BCUT2D eigenvalue weighted by atomic mass is 9.96. The maximum Gasteiger partial charge on any atom is 0.416 e. The minimum Gasteiger partial charge on any atom is -0.471 e. The summed E-state index contributed by atoms with van der Waals surface area (Å²) in [5.41, 5.74) is 0.847. The monoisotopic (exact) mass is 527 g/mol. The Morgan fingerprint density at radius 3 is 2.63 bits per heavy atom. The maximum absolute atomic E-state index is 13.9. The standard InChI is InChI=1S/C27H28F3N5O3/c1-16(2)26(37)33-13-17-6-8-21(27(28,29)30)20(11-17)25-34-22(12-23(36)35-25)18-7-9-24(32-14-18)38-15-19-5-3-4-10-31-19/h3-11,14,16,22,25,34H,12-13,15H2,1-2H3,(H,33,37)(H,35,36). The van der Waals surface area contributed by atoms with Gasteiger partial charge in [0.05, 0.1) is 11.3 Å². The Kier molecular flexibility index (Phi) is 8.26. The highest BCUT2D eigenvalue weighted by Gasteiger charge is 2.38. The maximum atomic E-state index is 13.9. The molecular weight excluding hydrogens is 499 g/mol. The van der Waals surface area contributed by atoms with Crippen molar-refractivity contribution in [3.05, 3.63) is 88.9 Å². The molecule has 3 heterocycles. The number of nitrogens with zero attached hydrogens (tertiary/aromatic N) is 2. The van der Waals surface area contributed by atoms with Crippen molar-refractivity contribution in [2.75, 3.05) is 0 Å². The van der Waals surface area contributed by atoms with Crippen LogP contribution in [0.25, 0.3) is 0 Å². The van der Waals surface area contributed by atoms with Crippen molar-refractivity contribution in [3.8, 4) is 5.88 Å². The Hall–Kier alpha value is -3.99. The van der Waals surface area contributed by atoms with Gasteiger partial charge in [0, 0.05) is 48.9 Å². The van der Waals surface area contributed by atoms with Gasteiger partial charge in [0.15, 0.2) is 0 Å². The van der Waals surface area contributed by atoms with Crippen molar-refractivity contribution in [1.29, 1.82) is 0 Å². The van der Waals surface area contributed by atoms with Crippen molar-refractivity contribution in [2.45, 2.75) is 51.8 Å². The summed E-state index contributed by atoms with van der Waals surface area (Å²) >= 11 is 0. The van der Waals surface area contributed by atoms with E-state index in [1.54, 1.807) is 38.2 Å². The number of halogens is 3. The molecule has 3 N–H and O–H groups in total. The Bertz CT molecular complexity index is 1270. The number of hydrogen-bond acceptors (Lipinski definition) is 6. The van der Waals surface area contributed by atoms with E-state index in [0.717, 1.165) is 11.8 Å². The molecule has 1 fully saturated rings. The summed E-state index contributed by atoms with van der Waals surface area (Å²) in [6.07, 6.45) is -2.52. The fourth-order valence-corrected chi connectivity index (χ4v) is 4.02. The number of aromatic nitrogens is 2. The van der Waals surface area contributed by atoms with Crippen LogP contribution in [0.1, 0.15) is 60.4 Å². The number of carbonyl (C=O) groups is 2. The summed E-state index contributed by atoms with van der Waals surface area (Å²) < 4.78 is 47.3. The molecule has 0 spiro atoms. The minimum absolute atomic E-state index is 0.0256. The Balaban J connectivity index is 1.52. The van der Waals surface area contributed by atoms with Crippen molar-refractivity contribution in [1.82, 2.24) is 25.9 Å². The first-order chi connectivity index (χ1) is 18.1. The van der Waals surface area contributed by atoms with Gasteiger partial charge in [-0.05, 0) is 35.4 Å². The molecule has 1 aliphatic heterocycles. The third-order valence-corrected chi connectivity index (χ3v) is 6.04. The van der Waals surface area contributed by atoms with Gasteiger partial charge in [-0.25, -0.2) is 4.98 Å². The Labute approximate surface area is 218 Å². The minimum atomic E-state index is -4.64. The van der Waals surface area contributed by atoms with E-state index >= 15 is 0 Å². The molecule has 200 valence electrons. The normalized spacial score (nSPS) is 17.7. The lowest BCUT2D eigenvalue weighted by molar-refractivity contribution is -0.139. The number of hydrogen-bond donors (Lipinski definition) is 3. The fraction of sp³-hybridized carbons (Fsp3) is 0.333. The van der Waals surface area contributed by atoms with Crippen LogP contribution in [0.15, 0.2) is 60.9 Å². The number of ether oxygens (including phenoxy) is 1. The van der Waals surface area contributed by atoms with Gasteiger partial charge in [0.1, 0.15) is 12.8 Å². The first-order valence-corrected chi connectivity index (χ1v) is 12.1. The highest BCUT2D eigenvalue weighted by Crippen LogP contribution is 2.36. The summed E-state index contributed by atoms with van der Waals surface area (Å²) in [4.78, 5) is 32.9. The second-order valence-corrected chi connectivity index (χ2v) is 9.26. The Morgan fingerprint density at radius 2 is 1.97 bits per heavy atom. The highest BCUT2D eigenvalue weighted by atomic mass is 19.4. The van der Waals surface area contributed by atoms with Crippen LogP contribution in [0.2, 0.25) is 0 Å². The van der Waals surface area contributed by atoms with Crippen LogP contribution in [0, 0.1) is 5.92 Å². The Morgan fingerprint density at radius 1 is 1.16 bits per heavy atom. The van der Waals surface area contributed by atoms with Crippen LogP contribution in [-0.4, -0.2) is 21.8 Å². The number of rotatable bonds is 8. The summed E-state index contributed by atoms with van der Waals surface area (Å²) in [7, 11) is 0. The average molecular weight is 528 g/mol. The third-order valence-electron chi connectivity index (χ3n) is 6.04. The van der Waals surface area contributed by atoms with E-state index in [4.69, 9.17) is 4.74 Å². The summed E-state index contributed by atoms with van der Waals surface area (Å²) in [6.45, 7) is 3.75. The first-order valence-electron chi connectivity index (χ1n) is 12.1. The molecule has 2 aromatic heterocycles. The number of pyridine rings is 2. The number of benzene rings is 1. The largest absolute Gasteiger partial charge is 0.471 e. The summed E-state index contributed by atoms with van der Waals surface area (Å²) in [5.74, 6) is -0.521. The van der Waals surface area contributed by atoms with Crippen molar-refractivity contribution in [2.24, 2.45) is 5.92 Å². The topological polar surface area (TPSA) is 105 Å². The smallest absolute Gasteiger partial charge is 0.416 e. The molecule has 2 unspecified atom stereocenters. The number of alkyl halides is 3. The molecule has 4 rings (SSSR count). The second kappa shape index (κ2) is 11.6. The molecule has 3 aromatic rings. The lowest BCUT2D eigenvalue weighted by Crippen LogP contribution is -2.47. The molecule has 38 heavy (non-hydrogen) atoms. The van der Waals surface area contributed by atoms with Gasteiger partial charge in [0.25, 0.3) is 0 Å². The van der Waals surface area contributed by atoms with Gasteiger partial charge in [-0.15, -0.1) is 0 Å². The molecule has 0 bridgehead atoms. The molecule has 2 amide bonds. The van der Waals surface area contributed by atoms with Gasteiger partial charge < -0.3 is 15.4 Å². The van der Waals surface area contributed by atoms with Crippen LogP contribution in [-0.2, 0) is 28.9 Å². The van der Waals surface area contributed by atoms with Crippen LogP contribution >= 0.6 is 0 Å². The number of amides is 2. The molecule has 0 aliphatic carbocycles. The second-order valence-electron chi connectivity index (χ2n) is 9.26. The zero-order valence-electron chi connectivity index (χ0n) is 20.9. The predicted molar refractivity (Wildman–Crippen MR) is 132 cm³/mol. The van der Waals surface area contributed by atoms with Crippen LogP contribution in [0.5, 0.6) is 5.88 Å². The first kappa shape index (κ1) is 27.1. The van der Waals surface area contributed by atoms with Gasteiger partial charge in [-0.3, -0.25) is 19.9 Å². The highest BCUT2D eigenvalue weighted by molar-refractivity contribution is 5.78. The molecule has 1 aliphatic rings. The van der Waals surface area contributed by atoms with Crippen LogP contribution in [0.4, 0.5) is 13.2 Å². The molecule has 0 radical (unpaired) electrons. The van der Waals surface area contributed by atoms with Crippen LogP contribution < -0.4 is 20.7 Å². The van der Waals surface area contributed by atoms with Crippen molar-refractivity contribution in [3.63, 3.8) is 0 Å². The quantitative estimate of drug-likeness (QED) is 0.406. The zero-order chi connectivity index (χ0) is 27.3. The van der Waals surface area contributed by atoms with Gasteiger partial charge in [-0.2, -0.15) is 13.2 Å². The molecule has 2 atom stereocenters.